The molecule has 1 unspecified atom stereocenters. The van der Waals surface area contributed by atoms with E-state index < -0.39 is 0 Å². The lowest BCUT2D eigenvalue weighted by atomic mass is 10.1. The highest BCUT2D eigenvalue weighted by Gasteiger charge is 2.16. The minimum Gasteiger partial charge on any atom is -0.493 e. The Bertz CT molecular complexity index is 401. The number of benzene rings is 1. The van der Waals surface area contributed by atoms with Crippen LogP contribution in [0.4, 0.5) is 0 Å². The molecule has 1 aromatic carbocycles. The molecule has 0 saturated carbocycles. The number of hydrogen-bond donors (Lipinski definition) is 0. The van der Waals surface area contributed by atoms with Crippen LogP contribution in [0.3, 0.4) is 0 Å². The van der Waals surface area contributed by atoms with Gasteiger partial charge in [0.1, 0.15) is 5.75 Å². The summed E-state index contributed by atoms with van der Waals surface area (Å²) in [7, 11) is 0. The molecule has 2 rings (SSSR count). The molecule has 2 nitrogen and oxygen atoms in total. The number of rotatable bonds is 5. The van der Waals surface area contributed by atoms with E-state index in [9.17, 15) is 0 Å². The van der Waals surface area contributed by atoms with E-state index in [2.05, 4.69) is 50.9 Å². The molecule has 0 bridgehead atoms. The Hall–Kier alpha value is -0.0600. The quantitative estimate of drug-likeness (QED) is 0.698. The highest BCUT2D eigenvalue weighted by Crippen LogP contribution is 2.30. The molecule has 1 fully saturated rings. The van der Waals surface area contributed by atoms with Gasteiger partial charge in [-0.05, 0) is 37.5 Å². The van der Waals surface area contributed by atoms with Gasteiger partial charge in [0.25, 0.3) is 0 Å². The Balaban J connectivity index is 1.95. The van der Waals surface area contributed by atoms with Crippen LogP contribution in [0.5, 0.6) is 5.75 Å². The van der Waals surface area contributed by atoms with E-state index in [0.717, 1.165) is 35.2 Å². The lowest BCUT2D eigenvalue weighted by Gasteiger charge is -2.15. The lowest BCUT2D eigenvalue weighted by Crippen LogP contribution is -2.11. The summed E-state index contributed by atoms with van der Waals surface area (Å²) in [6.07, 6.45) is 3.74. The van der Waals surface area contributed by atoms with Crippen molar-refractivity contribution in [2.24, 2.45) is 0 Å². The molecule has 0 N–H and O–H groups in total. The van der Waals surface area contributed by atoms with Crippen molar-refractivity contribution in [2.45, 2.75) is 37.6 Å². The first-order chi connectivity index (χ1) is 8.70. The standard InChI is InChI=1S/C14H18Br2O2/c1-10-7-12(16)8-11(9-15)14(10)18-6-4-13-3-2-5-17-13/h7-8,13H,2-6,9H2,1H3. The van der Waals surface area contributed by atoms with Crippen LogP contribution in [0.15, 0.2) is 16.6 Å². The topological polar surface area (TPSA) is 18.5 Å². The Kier molecular flexibility index (Phi) is 5.52. The third-order valence-electron chi connectivity index (χ3n) is 3.17. The van der Waals surface area contributed by atoms with E-state index in [1.807, 2.05) is 0 Å². The summed E-state index contributed by atoms with van der Waals surface area (Å²) in [5.41, 5.74) is 2.36. The molecule has 1 atom stereocenters. The molecule has 0 amide bonds. The zero-order chi connectivity index (χ0) is 13.0. The van der Waals surface area contributed by atoms with Gasteiger partial charge in [0.2, 0.25) is 0 Å². The van der Waals surface area contributed by atoms with Crippen LogP contribution in [0.2, 0.25) is 0 Å². The monoisotopic (exact) mass is 376 g/mol. The maximum atomic E-state index is 5.94. The van der Waals surface area contributed by atoms with Crippen molar-refractivity contribution in [2.75, 3.05) is 13.2 Å². The molecule has 1 heterocycles. The molecule has 0 aliphatic carbocycles. The van der Waals surface area contributed by atoms with Gasteiger partial charge in [-0.25, -0.2) is 0 Å². The largest absolute Gasteiger partial charge is 0.493 e. The van der Waals surface area contributed by atoms with E-state index in [1.54, 1.807) is 0 Å². The highest BCUT2D eigenvalue weighted by molar-refractivity contribution is 9.10. The van der Waals surface area contributed by atoms with Crippen molar-refractivity contribution in [3.05, 3.63) is 27.7 Å². The van der Waals surface area contributed by atoms with Gasteiger partial charge in [0.15, 0.2) is 0 Å². The number of halogens is 2. The lowest BCUT2D eigenvalue weighted by molar-refractivity contribution is 0.0901. The van der Waals surface area contributed by atoms with E-state index in [0.29, 0.717) is 6.10 Å². The fourth-order valence-corrected chi connectivity index (χ4v) is 3.31. The number of hydrogen-bond acceptors (Lipinski definition) is 2. The summed E-state index contributed by atoms with van der Waals surface area (Å²) in [6, 6.07) is 4.19. The predicted octanol–water partition coefficient (Wildman–Crippen LogP) is 4.60. The predicted molar refractivity (Wildman–Crippen MR) is 80.6 cm³/mol. The van der Waals surface area contributed by atoms with Gasteiger partial charge in [0.05, 0.1) is 12.7 Å². The third-order valence-corrected chi connectivity index (χ3v) is 4.23. The maximum Gasteiger partial charge on any atom is 0.126 e. The zero-order valence-corrected chi connectivity index (χ0v) is 13.7. The molecule has 1 aliphatic rings. The second-order valence-electron chi connectivity index (χ2n) is 4.62. The first-order valence-electron chi connectivity index (χ1n) is 6.30. The Morgan fingerprint density at radius 1 is 1.44 bits per heavy atom. The Labute approximate surface area is 125 Å². The highest BCUT2D eigenvalue weighted by atomic mass is 79.9. The van der Waals surface area contributed by atoms with E-state index >= 15 is 0 Å². The summed E-state index contributed by atoms with van der Waals surface area (Å²) in [4.78, 5) is 0. The molecule has 0 radical (unpaired) electrons. The van der Waals surface area contributed by atoms with E-state index in [4.69, 9.17) is 9.47 Å². The number of ether oxygens (including phenoxy) is 2. The first-order valence-corrected chi connectivity index (χ1v) is 8.21. The van der Waals surface area contributed by atoms with Crippen LogP contribution in [0, 0.1) is 6.92 Å². The van der Waals surface area contributed by atoms with Gasteiger partial charge in [-0.1, -0.05) is 31.9 Å². The fourth-order valence-electron chi connectivity index (χ4n) is 2.27. The average Bonchev–Trinajstić information content (AvgIpc) is 2.84. The van der Waals surface area contributed by atoms with Gasteiger partial charge < -0.3 is 9.47 Å². The molecule has 0 aromatic heterocycles. The summed E-state index contributed by atoms with van der Waals surface area (Å²) >= 11 is 7.02. The molecule has 4 heteroatoms. The van der Waals surface area contributed by atoms with Crippen LogP contribution in [0.1, 0.15) is 30.4 Å². The summed E-state index contributed by atoms with van der Waals surface area (Å²) in [5.74, 6) is 1.01. The maximum absolute atomic E-state index is 5.94. The van der Waals surface area contributed by atoms with Gasteiger partial charge in [0, 0.05) is 28.4 Å². The number of alkyl halides is 1. The van der Waals surface area contributed by atoms with Crippen LogP contribution in [-0.2, 0) is 10.1 Å². The minimum absolute atomic E-state index is 0.396. The molecule has 1 aromatic rings. The molecule has 1 saturated heterocycles. The molecule has 1 aliphatic heterocycles. The van der Waals surface area contributed by atoms with Gasteiger partial charge in [-0.2, -0.15) is 0 Å². The average molecular weight is 378 g/mol. The van der Waals surface area contributed by atoms with Gasteiger partial charge >= 0.3 is 0 Å². The molecule has 18 heavy (non-hydrogen) atoms. The third kappa shape index (κ3) is 3.72. The minimum atomic E-state index is 0.396. The van der Waals surface area contributed by atoms with E-state index in [-0.39, 0.29) is 0 Å². The summed E-state index contributed by atoms with van der Waals surface area (Å²) in [5, 5.41) is 0.808. The van der Waals surface area contributed by atoms with Crippen molar-refractivity contribution in [1.29, 1.82) is 0 Å². The van der Waals surface area contributed by atoms with Crippen LogP contribution >= 0.6 is 31.9 Å². The second-order valence-corrected chi connectivity index (χ2v) is 6.09. The molecular formula is C14H18Br2O2. The fraction of sp³-hybridized carbons (Fsp3) is 0.571. The SMILES string of the molecule is Cc1cc(Br)cc(CBr)c1OCCC1CCCO1. The second kappa shape index (κ2) is 6.92. The van der Waals surface area contributed by atoms with Gasteiger partial charge in [-0.3, -0.25) is 0 Å². The van der Waals surface area contributed by atoms with Crippen molar-refractivity contribution in [3.63, 3.8) is 0 Å². The Morgan fingerprint density at radius 3 is 2.94 bits per heavy atom. The van der Waals surface area contributed by atoms with Crippen molar-refractivity contribution in [1.82, 2.24) is 0 Å². The Morgan fingerprint density at radius 2 is 2.28 bits per heavy atom. The smallest absolute Gasteiger partial charge is 0.126 e. The first kappa shape index (κ1) is 14.4. The van der Waals surface area contributed by atoms with Crippen LogP contribution in [0.25, 0.3) is 0 Å². The summed E-state index contributed by atoms with van der Waals surface area (Å²) in [6.45, 7) is 3.72. The summed E-state index contributed by atoms with van der Waals surface area (Å²) < 4.78 is 12.6. The van der Waals surface area contributed by atoms with Crippen molar-refractivity contribution >= 4 is 31.9 Å². The van der Waals surface area contributed by atoms with Gasteiger partial charge in [-0.15, -0.1) is 0 Å². The molecular weight excluding hydrogens is 360 g/mol. The van der Waals surface area contributed by atoms with Crippen molar-refractivity contribution < 1.29 is 9.47 Å². The number of aryl methyl sites for hydroxylation is 1. The van der Waals surface area contributed by atoms with Crippen LogP contribution in [-0.4, -0.2) is 19.3 Å². The van der Waals surface area contributed by atoms with Crippen molar-refractivity contribution in [3.8, 4) is 5.75 Å². The van der Waals surface area contributed by atoms with Crippen LogP contribution < -0.4 is 4.74 Å². The van der Waals surface area contributed by atoms with E-state index in [1.165, 1.54) is 24.0 Å². The zero-order valence-electron chi connectivity index (χ0n) is 10.5. The molecule has 0 spiro atoms. The molecule has 100 valence electrons. The normalized spacial score (nSPS) is 19.2.